The quantitative estimate of drug-likeness (QED) is 0.831. The van der Waals surface area contributed by atoms with Crippen LogP contribution in [0.15, 0.2) is 0 Å². The highest BCUT2D eigenvalue weighted by molar-refractivity contribution is 7.15. The van der Waals surface area contributed by atoms with Gasteiger partial charge in [-0.1, -0.05) is 24.7 Å². The lowest BCUT2D eigenvalue weighted by Crippen LogP contribution is -2.32. The standard InChI is InChI=1S/C10H18N4S/c1-2-14(6-8-4-3-5-8)7-9-12-13-10(11)15-9/h8H,2-7H2,1H3,(H2,11,13). The molecule has 1 fully saturated rings. The van der Waals surface area contributed by atoms with Crippen LogP contribution in [-0.4, -0.2) is 28.2 Å². The van der Waals surface area contributed by atoms with Crippen LogP contribution in [0, 0.1) is 5.92 Å². The van der Waals surface area contributed by atoms with E-state index in [1.54, 1.807) is 0 Å². The zero-order chi connectivity index (χ0) is 10.7. The third kappa shape index (κ3) is 2.89. The van der Waals surface area contributed by atoms with Crippen LogP contribution in [0.2, 0.25) is 0 Å². The molecule has 1 heterocycles. The van der Waals surface area contributed by atoms with E-state index < -0.39 is 0 Å². The van der Waals surface area contributed by atoms with Gasteiger partial charge in [-0.2, -0.15) is 0 Å². The van der Waals surface area contributed by atoms with Crippen LogP contribution >= 0.6 is 11.3 Å². The molecular formula is C10H18N4S. The molecule has 1 saturated carbocycles. The molecule has 5 heteroatoms. The summed E-state index contributed by atoms with van der Waals surface area (Å²) in [4.78, 5) is 2.43. The van der Waals surface area contributed by atoms with Gasteiger partial charge < -0.3 is 5.73 Å². The van der Waals surface area contributed by atoms with Crippen molar-refractivity contribution in [3.8, 4) is 0 Å². The molecule has 0 amide bonds. The second-order valence-electron chi connectivity index (χ2n) is 4.16. The van der Waals surface area contributed by atoms with Crippen LogP contribution < -0.4 is 5.73 Å². The Bertz CT molecular complexity index is 308. The minimum absolute atomic E-state index is 0.574. The first-order valence-corrected chi connectivity index (χ1v) is 6.39. The molecular weight excluding hydrogens is 208 g/mol. The Labute approximate surface area is 94.5 Å². The maximum absolute atomic E-state index is 5.56. The van der Waals surface area contributed by atoms with E-state index in [1.807, 2.05) is 0 Å². The highest BCUT2D eigenvalue weighted by Gasteiger charge is 2.20. The van der Waals surface area contributed by atoms with Crippen molar-refractivity contribution in [2.75, 3.05) is 18.8 Å². The lowest BCUT2D eigenvalue weighted by molar-refractivity contribution is 0.178. The van der Waals surface area contributed by atoms with Crippen LogP contribution in [-0.2, 0) is 6.54 Å². The van der Waals surface area contributed by atoms with Crippen molar-refractivity contribution in [1.29, 1.82) is 0 Å². The molecule has 0 radical (unpaired) electrons. The monoisotopic (exact) mass is 226 g/mol. The largest absolute Gasteiger partial charge is 0.374 e. The number of hydrogen-bond donors (Lipinski definition) is 1. The van der Waals surface area contributed by atoms with Gasteiger partial charge in [-0.25, -0.2) is 0 Å². The normalized spacial score (nSPS) is 16.9. The maximum Gasteiger partial charge on any atom is 0.203 e. The van der Waals surface area contributed by atoms with Gasteiger partial charge in [0.25, 0.3) is 0 Å². The van der Waals surface area contributed by atoms with Gasteiger partial charge in [0.1, 0.15) is 5.01 Å². The Morgan fingerprint density at radius 1 is 1.47 bits per heavy atom. The molecule has 1 aromatic heterocycles. The van der Waals surface area contributed by atoms with Gasteiger partial charge in [-0.05, 0) is 25.3 Å². The van der Waals surface area contributed by atoms with Gasteiger partial charge in [0.2, 0.25) is 5.13 Å². The molecule has 0 aliphatic heterocycles. The molecule has 4 nitrogen and oxygen atoms in total. The van der Waals surface area contributed by atoms with Crippen LogP contribution in [0.3, 0.4) is 0 Å². The summed E-state index contributed by atoms with van der Waals surface area (Å²) < 4.78 is 0. The average Bonchev–Trinajstić information content (AvgIpc) is 2.55. The van der Waals surface area contributed by atoms with Gasteiger partial charge in [-0.15, -0.1) is 10.2 Å². The van der Waals surface area contributed by atoms with E-state index in [9.17, 15) is 0 Å². The van der Waals surface area contributed by atoms with Crippen molar-refractivity contribution in [3.05, 3.63) is 5.01 Å². The highest BCUT2D eigenvalue weighted by atomic mass is 32.1. The van der Waals surface area contributed by atoms with E-state index in [-0.39, 0.29) is 0 Å². The van der Waals surface area contributed by atoms with Crippen LogP contribution in [0.1, 0.15) is 31.2 Å². The second kappa shape index (κ2) is 4.90. The fourth-order valence-corrected chi connectivity index (χ4v) is 2.52. The molecule has 1 aliphatic carbocycles. The molecule has 0 unspecified atom stereocenters. The van der Waals surface area contributed by atoms with Gasteiger partial charge in [0.15, 0.2) is 0 Å². The van der Waals surface area contributed by atoms with Gasteiger partial charge >= 0.3 is 0 Å². The summed E-state index contributed by atoms with van der Waals surface area (Å²) in [5.41, 5.74) is 5.56. The van der Waals surface area contributed by atoms with Gasteiger partial charge in [0, 0.05) is 6.54 Å². The third-order valence-electron chi connectivity index (χ3n) is 3.03. The minimum atomic E-state index is 0.574. The molecule has 15 heavy (non-hydrogen) atoms. The van der Waals surface area contributed by atoms with E-state index in [0.29, 0.717) is 5.13 Å². The summed E-state index contributed by atoms with van der Waals surface area (Å²) in [6.07, 6.45) is 4.21. The zero-order valence-corrected chi connectivity index (χ0v) is 9.96. The Balaban J connectivity index is 1.84. The Morgan fingerprint density at radius 3 is 2.73 bits per heavy atom. The Morgan fingerprint density at radius 2 is 2.27 bits per heavy atom. The maximum atomic E-state index is 5.56. The molecule has 0 atom stereocenters. The van der Waals surface area contributed by atoms with Crippen molar-refractivity contribution in [2.45, 2.75) is 32.7 Å². The number of nitrogen functional groups attached to an aromatic ring is 1. The third-order valence-corrected chi connectivity index (χ3v) is 3.77. The Kier molecular flexibility index (Phi) is 3.53. The van der Waals surface area contributed by atoms with E-state index in [1.165, 1.54) is 37.1 Å². The summed E-state index contributed by atoms with van der Waals surface area (Å²) >= 11 is 1.50. The van der Waals surface area contributed by atoms with Crippen molar-refractivity contribution in [1.82, 2.24) is 15.1 Å². The fraction of sp³-hybridized carbons (Fsp3) is 0.800. The zero-order valence-electron chi connectivity index (χ0n) is 9.15. The van der Waals surface area contributed by atoms with Crippen LogP contribution in [0.4, 0.5) is 5.13 Å². The van der Waals surface area contributed by atoms with Crippen LogP contribution in [0.25, 0.3) is 0 Å². The summed E-state index contributed by atoms with van der Waals surface area (Å²) in [5.74, 6) is 0.912. The molecule has 0 spiro atoms. The fourth-order valence-electron chi connectivity index (χ4n) is 1.87. The number of anilines is 1. The first kappa shape index (κ1) is 10.8. The van der Waals surface area contributed by atoms with E-state index in [2.05, 4.69) is 22.0 Å². The molecule has 0 saturated heterocycles. The summed E-state index contributed by atoms with van der Waals surface area (Å²) in [6.45, 7) is 5.39. The van der Waals surface area contributed by atoms with E-state index in [4.69, 9.17) is 5.73 Å². The summed E-state index contributed by atoms with van der Waals surface area (Å²) in [7, 11) is 0. The lowest BCUT2D eigenvalue weighted by atomic mass is 9.85. The second-order valence-corrected chi connectivity index (χ2v) is 5.25. The van der Waals surface area contributed by atoms with Gasteiger partial charge in [-0.3, -0.25) is 4.90 Å². The summed E-state index contributed by atoms with van der Waals surface area (Å²) in [5, 5.41) is 9.50. The minimum Gasteiger partial charge on any atom is -0.374 e. The number of hydrogen-bond acceptors (Lipinski definition) is 5. The Hall–Kier alpha value is -0.680. The number of aromatic nitrogens is 2. The van der Waals surface area contributed by atoms with Crippen molar-refractivity contribution in [2.24, 2.45) is 5.92 Å². The predicted octanol–water partition coefficient (Wildman–Crippen LogP) is 1.74. The smallest absolute Gasteiger partial charge is 0.203 e. The topological polar surface area (TPSA) is 55.0 Å². The average molecular weight is 226 g/mol. The first-order chi connectivity index (χ1) is 7.28. The lowest BCUT2D eigenvalue weighted by Gasteiger charge is -2.31. The molecule has 0 bridgehead atoms. The predicted molar refractivity (Wildman–Crippen MR) is 62.6 cm³/mol. The highest BCUT2D eigenvalue weighted by Crippen LogP contribution is 2.27. The van der Waals surface area contributed by atoms with E-state index in [0.717, 1.165) is 24.0 Å². The van der Waals surface area contributed by atoms with Crippen molar-refractivity contribution >= 4 is 16.5 Å². The molecule has 1 aliphatic rings. The number of rotatable bonds is 5. The molecule has 2 N–H and O–H groups in total. The first-order valence-electron chi connectivity index (χ1n) is 5.58. The summed E-state index contributed by atoms with van der Waals surface area (Å²) in [6, 6.07) is 0. The molecule has 84 valence electrons. The molecule has 0 aromatic carbocycles. The SMILES string of the molecule is CCN(Cc1nnc(N)s1)CC1CCC1. The van der Waals surface area contributed by atoms with Crippen molar-refractivity contribution in [3.63, 3.8) is 0 Å². The van der Waals surface area contributed by atoms with E-state index >= 15 is 0 Å². The number of nitrogens with zero attached hydrogens (tertiary/aromatic N) is 3. The van der Waals surface area contributed by atoms with Gasteiger partial charge in [0.05, 0.1) is 6.54 Å². The number of nitrogens with two attached hydrogens (primary N) is 1. The van der Waals surface area contributed by atoms with Crippen molar-refractivity contribution < 1.29 is 0 Å². The molecule has 2 rings (SSSR count). The molecule has 1 aromatic rings. The van der Waals surface area contributed by atoms with Crippen LogP contribution in [0.5, 0.6) is 0 Å².